The Morgan fingerprint density at radius 1 is 1.46 bits per heavy atom. The summed E-state index contributed by atoms with van der Waals surface area (Å²) in [5.41, 5.74) is 5.79. The van der Waals surface area contributed by atoms with Gasteiger partial charge in [-0.25, -0.2) is 0 Å². The molecule has 1 unspecified atom stereocenters. The Hall–Kier alpha value is -2.44. The third kappa shape index (κ3) is 4.53. The summed E-state index contributed by atoms with van der Waals surface area (Å²) in [5.74, 6) is -1.56. The number of carbonyl (C=O) groups excluding carboxylic acids is 1. The fourth-order valence-electron chi connectivity index (χ4n) is 1.78. The summed E-state index contributed by atoms with van der Waals surface area (Å²) >= 11 is 0.949. The molecule has 5 N–H and O–H groups in total. The van der Waals surface area contributed by atoms with Crippen molar-refractivity contribution in [3.05, 3.63) is 23.8 Å². The monoisotopic (exact) mass is 372 g/mol. The Kier molecular flexibility index (Phi) is 5.21. The molecule has 24 heavy (non-hydrogen) atoms. The van der Waals surface area contributed by atoms with Crippen molar-refractivity contribution in [2.24, 2.45) is 10.2 Å². The molecule has 12 heteroatoms. The van der Waals surface area contributed by atoms with E-state index in [0.29, 0.717) is 5.56 Å². The van der Waals surface area contributed by atoms with Gasteiger partial charge in [-0.2, -0.15) is 13.5 Å². The zero-order chi connectivity index (χ0) is 17.9. The second-order valence-electron chi connectivity index (χ2n) is 4.62. The molecular weight excluding hydrogens is 360 g/mol. The summed E-state index contributed by atoms with van der Waals surface area (Å²) in [7, 11) is -4.40. The minimum Gasteiger partial charge on any atom is -0.481 e. The maximum Gasteiger partial charge on any atom is 0.305 e. The van der Waals surface area contributed by atoms with Gasteiger partial charge in [0.1, 0.15) is 10.1 Å². The number of anilines is 1. The van der Waals surface area contributed by atoms with Crippen molar-refractivity contribution >= 4 is 50.8 Å². The fourth-order valence-corrected chi connectivity index (χ4v) is 3.29. The first kappa shape index (κ1) is 17.9. The van der Waals surface area contributed by atoms with Gasteiger partial charge in [-0.05, 0) is 17.7 Å². The highest BCUT2D eigenvalue weighted by atomic mass is 32.2. The van der Waals surface area contributed by atoms with Crippen molar-refractivity contribution < 1.29 is 27.7 Å². The van der Waals surface area contributed by atoms with Crippen LogP contribution in [0.3, 0.4) is 0 Å². The highest BCUT2D eigenvalue weighted by molar-refractivity contribution is 8.15. The van der Waals surface area contributed by atoms with Crippen molar-refractivity contribution in [3.63, 3.8) is 0 Å². The number of nitrogens with two attached hydrogens (primary N) is 1. The summed E-state index contributed by atoms with van der Waals surface area (Å²) < 4.78 is 31.0. The topological polar surface area (TPSA) is 172 Å². The molecule has 1 aromatic rings. The summed E-state index contributed by atoms with van der Waals surface area (Å²) in [6.07, 6.45) is 0.932. The number of hydrogen-bond acceptors (Lipinski definition) is 8. The van der Waals surface area contributed by atoms with E-state index >= 15 is 0 Å². The van der Waals surface area contributed by atoms with Gasteiger partial charge in [0.05, 0.1) is 18.3 Å². The summed E-state index contributed by atoms with van der Waals surface area (Å²) in [6, 6.07) is 3.76. The van der Waals surface area contributed by atoms with Gasteiger partial charge in [0, 0.05) is 0 Å². The first-order valence-electron chi connectivity index (χ1n) is 6.34. The van der Waals surface area contributed by atoms with Crippen molar-refractivity contribution in [2.75, 3.05) is 5.73 Å². The Labute approximate surface area is 140 Å². The van der Waals surface area contributed by atoms with Crippen LogP contribution in [0.2, 0.25) is 0 Å². The molecule has 0 radical (unpaired) electrons. The highest BCUT2D eigenvalue weighted by Gasteiger charge is 2.32. The van der Waals surface area contributed by atoms with E-state index < -0.39 is 32.1 Å². The normalized spacial score (nSPS) is 19.8. The lowest BCUT2D eigenvalue weighted by Gasteiger charge is -2.02. The molecule has 1 aromatic carbocycles. The number of nitrogens with zero attached hydrogens (tertiary/aromatic N) is 2. The molecule has 10 nitrogen and oxygen atoms in total. The molecule has 0 aromatic heterocycles. The van der Waals surface area contributed by atoms with Gasteiger partial charge in [0.25, 0.3) is 10.1 Å². The Morgan fingerprint density at radius 2 is 2.17 bits per heavy atom. The van der Waals surface area contributed by atoms with Gasteiger partial charge in [-0.3, -0.25) is 14.1 Å². The van der Waals surface area contributed by atoms with E-state index in [4.69, 9.17) is 15.4 Å². The van der Waals surface area contributed by atoms with Gasteiger partial charge >= 0.3 is 5.97 Å². The van der Waals surface area contributed by atoms with Crippen LogP contribution in [-0.4, -0.2) is 46.6 Å². The van der Waals surface area contributed by atoms with Crippen LogP contribution in [0.15, 0.2) is 33.3 Å². The van der Waals surface area contributed by atoms with Crippen LogP contribution in [0.4, 0.5) is 5.69 Å². The van der Waals surface area contributed by atoms with Gasteiger partial charge in [-0.1, -0.05) is 17.8 Å². The first-order chi connectivity index (χ1) is 11.2. The van der Waals surface area contributed by atoms with Crippen molar-refractivity contribution in [3.8, 4) is 0 Å². The number of amides is 1. The number of carboxylic acid groups (broad SMARTS) is 1. The average molecular weight is 372 g/mol. The Bertz CT molecular complexity index is 849. The lowest BCUT2D eigenvalue weighted by atomic mass is 10.2. The smallest absolute Gasteiger partial charge is 0.305 e. The summed E-state index contributed by atoms with van der Waals surface area (Å²) in [6.45, 7) is 0. The zero-order valence-corrected chi connectivity index (χ0v) is 13.5. The SMILES string of the molecule is Nc1cc(C=NN=C2NC(=O)C(CC(=O)O)S2)ccc1S(=O)(=O)O. The van der Waals surface area contributed by atoms with E-state index in [2.05, 4.69) is 15.5 Å². The number of hydrogen-bond donors (Lipinski definition) is 4. The van der Waals surface area contributed by atoms with Gasteiger partial charge in [0.15, 0.2) is 5.17 Å². The number of aliphatic carboxylic acids is 1. The molecule has 1 heterocycles. The van der Waals surface area contributed by atoms with Crippen LogP contribution in [0.1, 0.15) is 12.0 Å². The van der Waals surface area contributed by atoms with Crippen LogP contribution in [-0.2, 0) is 19.7 Å². The quantitative estimate of drug-likeness (QED) is 0.240. The number of nitrogen functional groups attached to an aromatic ring is 1. The number of rotatable bonds is 5. The average Bonchev–Trinajstić information content (AvgIpc) is 2.77. The zero-order valence-electron chi connectivity index (χ0n) is 11.9. The predicted octanol–water partition coefficient (Wildman–Crippen LogP) is -0.0883. The maximum atomic E-state index is 11.5. The molecule has 1 atom stereocenters. The van der Waals surface area contributed by atoms with Crippen molar-refractivity contribution in [1.82, 2.24) is 5.32 Å². The molecule has 0 spiro atoms. The van der Waals surface area contributed by atoms with Gasteiger partial charge in [-0.15, -0.1) is 5.10 Å². The lowest BCUT2D eigenvalue weighted by Crippen LogP contribution is -2.26. The second kappa shape index (κ2) is 6.98. The molecule has 0 bridgehead atoms. The van der Waals surface area contributed by atoms with Gasteiger partial charge < -0.3 is 16.2 Å². The Balaban J connectivity index is 2.08. The van der Waals surface area contributed by atoms with E-state index in [1.807, 2.05) is 0 Å². The van der Waals surface area contributed by atoms with Crippen LogP contribution in [0.25, 0.3) is 0 Å². The van der Waals surface area contributed by atoms with Crippen LogP contribution in [0.5, 0.6) is 0 Å². The fraction of sp³-hybridized carbons (Fsp3) is 0.167. The molecule has 1 saturated heterocycles. The summed E-state index contributed by atoms with van der Waals surface area (Å²) in [4.78, 5) is 21.7. The highest BCUT2D eigenvalue weighted by Crippen LogP contribution is 2.22. The van der Waals surface area contributed by atoms with E-state index in [-0.39, 0.29) is 17.3 Å². The largest absolute Gasteiger partial charge is 0.481 e. The lowest BCUT2D eigenvalue weighted by molar-refractivity contribution is -0.138. The van der Waals surface area contributed by atoms with Gasteiger partial charge in [0.2, 0.25) is 5.91 Å². The van der Waals surface area contributed by atoms with Crippen LogP contribution < -0.4 is 11.1 Å². The number of thioether (sulfide) groups is 1. The third-order valence-corrected chi connectivity index (χ3v) is 4.80. The first-order valence-corrected chi connectivity index (χ1v) is 8.66. The van der Waals surface area contributed by atoms with E-state index in [1.54, 1.807) is 0 Å². The second-order valence-corrected chi connectivity index (χ2v) is 7.20. The predicted molar refractivity (Wildman–Crippen MR) is 87.5 cm³/mol. The molecule has 1 amide bonds. The standard InChI is InChI=1S/C12H12N4O6S2/c13-7-3-6(1-2-9(7)24(20,21)22)5-14-16-12-15-11(19)8(23-12)4-10(17)18/h1-3,5,8H,4,13H2,(H,17,18)(H,15,16,19)(H,20,21,22). The van der Waals surface area contributed by atoms with E-state index in [1.165, 1.54) is 18.3 Å². The van der Waals surface area contributed by atoms with Crippen LogP contribution in [0, 0.1) is 0 Å². The molecular formula is C12H12N4O6S2. The molecule has 1 aliphatic rings. The van der Waals surface area contributed by atoms with Crippen molar-refractivity contribution in [1.29, 1.82) is 0 Å². The number of nitrogens with one attached hydrogen (secondary N) is 1. The summed E-state index contributed by atoms with van der Waals surface area (Å²) in [5, 5.41) is 17.9. The molecule has 0 aliphatic carbocycles. The number of carbonyl (C=O) groups is 2. The Morgan fingerprint density at radius 3 is 2.75 bits per heavy atom. The van der Waals surface area contributed by atoms with E-state index in [0.717, 1.165) is 17.8 Å². The molecule has 1 fully saturated rings. The third-order valence-electron chi connectivity index (χ3n) is 2.80. The van der Waals surface area contributed by atoms with Crippen molar-refractivity contribution in [2.45, 2.75) is 16.6 Å². The number of benzene rings is 1. The number of carboxylic acids is 1. The minimum absolute atomic E-state index is 0.154. The number of amidine groups is 1. The molecule has 0 saturated carbocycles. The minimum atomic E-state index is -4.40. The maximum absolute atomic E-state index is 11.5. The molecule has 2 rings (SSSR count). The van der Waals surface area contributed by atoms with Crippen LogP contribution >= 0.6 is 11.8 Å². The molecule has 128 valence electrons. The molecule has 1 aliphatic heterocycles. The van der Waals surface area contributed by atoms with E-state index in [9.17, 15) is 18.0 Å².